The van der Waals surface area contributed by atoms with Gasteiger partial charge >= 0.3 is 5.97 Å². The molecule has 2 aromatic carbocycles. The van der Waals surface area contributed by atoms with Gasteiger partial charge in [0.25, 0.3) is 5.91 Å². The van der Waals surface area contributed by atoms with Crippen molar-refractivity contribution in [1.82, 2.24) is 4.90 Å². The Kier molecular flexibility index (Phi) is 5.21. The number of nitrogens with zero attached hydrogens (tertiary/aromatic N) is 1. The van der Waals surface area contributed by atoms with Crippen LogP contribution in [0.3, 0.4) is 0 Å². The van der Waals surface area contributed by atoms with E-state index >= 15 is 0 Å². The summed E-state index contributed by atoms with van der Waals surface area (Å²) >= 11 is 0. The lowest BCUT2D eigenvalue weighted by Gasteiger charge is -2.26. The molecule has 3 rings (SSSR count). The molecule has 0 unspecified atom stereocenters. The fourth-order valence-corrected chi connectivity index (χ4v) is 3.31. The summed E-state index contributed by atoms with van der Waals surface area (Å²) in [4.78, 5) is 27.1. The Morgan fingerprint density at radius 1 is 1.15 bits per heavy atom. The van der Waals surface area contributed by atoms with Crippen LogP contribution in [0.25, 0.3) is 6.08 Å². The second-order valence-corrected chi connectivity index (χ2v) is 6.33. The molecule has 1 heterocycles. The van der Waals surface area contributed by atoms with Gasteiger partial charge in [0.2, 0.25) is 0 Å². The van der Waals surface area contributed by atoms with E-state index in [9.17, 15) is 14.0 Å². The zero-order valence-electron chi connectivity index (χ0n) is 15.4. The van der Waals surface area contributed by atoms with Crippen molar-refractivity contribution in [2.24, 2.45) is 0 Å². The second-order valence-electron chi connectivity index (χ2n) is 6.33. The summed E-state index contributed by atoms with van der Waals surface area (Å²) < 4.78 is 18.4. The highest BCUT2D eigenvalue weighted by atomic mass is 19.1. The van der Waals surface area contributed by atoms with Crippen LogP contribution in [0.2, 0.25) is 0 Å². The minimum atomic E-state index is -0.591. The van der Waals surface area contributed by atoms with E-state index in [4.69, 9.17) is 4.74 Å². The molecule has 0 saturated heterocycles. The maximum absolute atomic E-state index is 13.5. The van der Waals surface area contributed by atoms with E-state index in [0.717, 1.165) is 5.56 Å². The molecule has 2 aromatic rings. The van der Waals surface area contributed by atoms with Crippen LogP contribution in [0.4, 0.5) is 4.39 Å². The number of methoxy groups -OCH3 is 1. The summed E-state index contributed by atoms with van der Waals surface area (Å²) in [6.07, 6.45) is 1.53. The fourth-order valence-electron chi connectivity index (χ4n) is 3.31. The normalized spacial score (nSPS) is 16.8. The molecule has 1 atom stereocenters. The molecule has 5 heteroatoms. The summed E-state index contributed by atoms with van der Waals surface area (Å²) in [5.74, 6) is -1.32. The number of esters is 1. The Hall–Kier alpha value is -3.21. The Bertz CT molecular complexity index is 947. The van der Waals surface area contributed by atoms with Gasteiger partial charge in [0.15, 0.2) is 0 Å². The number of allylic oxidation sites excluding steroid dienone is 1. The summed E-state index contributed by atoms with van der Waals surface area (Å²) in [6, 6.07) is 15.2. The first-order valence-corrected chi connectivity index (χ1v) is 8.59. The third-order valence-corrected chi connectivity index (χ3v) is 4.66. The average molecular weight is 365 g/mol. The van der Waals surface area contributed by atoms with Crippen LogP contribution in [0.15, 0.2) is 71.4 Å². The molecule has 0 aromatic heterocycles. The Labute approximate surface area is 157 Å². The average Bonchev–Trinajstić information content (AvgIpc) is 2.91. The predicted octanol–water partition coefficient (Wildman–Crippen LogP) is 4.26. The number of halogens is 1. The number of hydrogen-bond acceptors (Lipinski definition) is 3. The van der Waals surface area contributed by atoms with Crippen LogP contribution < -0.4 is 0 Å². The standard InChI is InChI=1S/C22H20FNO3/c1-14(17-9-5-4-6-10-17)24-15(2)20(22(26)27-3)19(21(24)25)13-16-8-7-11-18(23)12-16/h4-14H,1-3H3/b19-13-/t14-/m1/s1. The Morgan fingerprint density at radius 3 is 2.48 bits per heavy atom. The van der Waals surface area contributed by atoms with Crippen molar-refractivity contribution in [3.8, 4) is 0 Å². The topological polar surface area (TPSA) is 46.6 Å². The molecule has 1 aliphatic rings. The van der Waals surface area contributed by atoms with Crippen LogP contribution in [-0.4, -0.2) is 23.9 Å². The van der Waals surface area contributed by atoms with Gasteiger partial charge in [-0.1, -0.05) is 42.5 Å². The molecule has 1 aliphatic heterocycles. The van der Waals surface area contributed by atoms with Crippen LogP contribution in [0, 0.1) is 5.82 Å². The molecule has 0 aliphatic carbocycles. The van der Waals surface area contributed by atoms with Crippen molar-refractivity contribution < 1.29 is 18.7 Å². The molecule has 138 valence electrons. The van der Waals surface area contributed by atoms with E-state index in [1.807, 2.05) is 37.3 Å². The van der Waals surface area contributed by atoms with Gasteiger partial charge in [-0.15, -0.1) is 0 Å². The summed E-state index contributed by atoms with van der Waals surface area (Å²) in [5.41, 5.74) is 2.37. The van der Waals surface area contributed by atoms with Crippen LogP contribution in [-0.2, 0) is 14.3 Å². The monoisotopic (exact) mass is 365 g/mol. The number of hydrogen-bond donors (Lipinski definition) is 0. The minimum Gasteiger partial charge on any atom is -0.465 e. The molecular formula is C22H20FNO3. The summed E-state index contributed by atoms with van der Waals surface area (Å²) in [7, 11) is 1.27. The first kappa shape index (κ1) is 18.6. The van der Waals surface area contributed by atoms with Gasteiger partial charge in [0.05, 0.1) is 24.3 Å². The molecular weight excluding hydrogens is 345 g/mol. The molecule has 0 N–H and O–H groups in total. The largest absolute Gasteiger partial charge is 0.465 e. The molecule has 0 fully saturated rings. The third-order valence-electron chi connectivity index (χ3n) is 4.66. The Balaban J connectivity index is 2.09. The smallest absolute Gasteiger partial charge is 0.340 e. The number of rotatable bonds is 4. The van der Waals surface area contributed by atoms with Crippen molar-refractivity contribution in [2.75, 3.05) is 7.11 Å². The minimum absolute atomic E-state index is 0.202. The van der Waals surface area contributed by atoms with Gasteiger partial charge in [-0.2, -0.15) is 0 Å². The van der Waals surface area contributed by atoms with Gasteiger partial charge in [0, 0.05) is 5.70 Å². The lowest BCUT2D eigenvalue weighted by molar-refractivity contribution is -0.136. The van der Waals surface area contributed by atoms with Gasteiger partial charge in [-0.25, -0.2) is 9.18 Å². The number of benzene rings is 2. The van der Waals surface area contributed by atoms with Gasteiger partial charge in [-0.3, -0.25) is 4.79 Å². The summed E-state index contributed by atoms with van der Waals surface area (Å²) in [6.45, 7) is 3.62. The highest BCUT2D eigenvalue weighted by Gasteiger charge is 2.39. The van der Waals surface area contributed by atoms with Crippen molar-refractivity contribution in [3.05, 3.63) is 88.4 Å². The van der Waals surface area contributed by atoms with Crippen molar-refractivity contribution in [3.63, 3.8) is 0 Å². The van der Waals surface area contributed by atoms with Crippen LogP contribution in [0.5, 0.6) is 0 Å². The van der Waals surface area contributed by atoms with Crippen molar-refractivity contribution in [1.29, 1.82) is 0 Å². The number of amides is 1. The molecule has 27 heavy (non-hydrogen) atoms. The number of carbonyl (C=O) groups is 2. The molecule has 0 spiro atoms. The fraction of sp³-hybridized carbons (Fsp3) is 0.182. The van der Waals surface area contributed by atoms with E-state index < -0.39 is 11.8 Å². The number of ether oxygens (including phenoxy) is 1. The molecule has 1 amide bonds. The summed E-state index contributed by atoms with van der Waals surface area (Å²) in [5, 5.41) is 0. The van der Waals surface area contributed by atoms with Crippen molar-refractivity contribution in [2.45, 2.75) is 19.9 Å². The number of carbonyl (C=O) groups excluding carboxylic acids is 2. The SMILES string of the molecule is COC(=O)C1=C(C)N([C@H](C)c2ccccc2)C(=O)/C1=C\c1cccc(F)c1. The lowest BCUT2D eigenvalue weighted by atomic mass is 10.0. The highest BCUT2D eigenvalue weighted by molar-refractivity contribution is 6.16. The maximum Gasteiger partial charge on any atom is 0.340 e. The third kappa shape index (κ3) is 3.53. The zero-order chi connectivity index (χ0) is 19.6. The van der Waals surface area contributed by atoms with E-state index in [1.54, 1.807) is 24.0 Å². The molecule has 0 radical (unpaired) electrons. The van der Waals surface area contributed by atoms with Gasteiger partial charge in [0.1, 0.15) is 5.82 Å². The van der Waals surface area contributed by atoms with Gasteiger partial charge < -0.3 is 9.64 Å². The predicted molar refractivity (Wildman–Crippen MR) is 101 cm³/mol. The second kappa shape index (κ2) is 7.58. The van der Waals surface area contributed by atoms with E-state index in [0.29, 0.717) is 11.3 Å². The van der Waals surface area contributed by atoms with Crippen molar-refractivity contribution >= 4 is 18.0 Å². The zero-order valence-corrected chi connectivity index (χ0v) is 15.4. The molecule has 4 nitrogen and oxygen atoms in total. The maximum atomic E-state index is 13.5. The van der Waals surface area contributed by atoms with E-state index in [-0.39, 0.29) is 23.1 Å². The van der Waals surface area contributed by atoms with Crippen LogP contribution >= 0.6 is 0 Å². The quantitative estimate of drug-likeness (QED) is 0.601. The first-order valence-electron chi connectivity index (χ1n) is 8.59. The first-order chi connectivity index (χ1) is 12.9. The van der Waals surface area contributed by atoms with E-state index in [2.05, 4.69) is 0 Å². The molecule has 0 bridgehead atoms. The molecule has 0 saturated carbocycles. The van der Waals surface area contributed by atoms with E-state index in [1.165, 1.54) is 25.3 Å². The lowest BCUT2D eigenvalue weighted by Crippen LogP contribution is -2.28. The highest BCUT2D eigenvalue weighted by Crippen LogP contribution is 2.37. The Morgan fingerprint density at radius 2 is 1.85 bits per heavy atom. The van der Waals surface area contributed by atoms with Gasteiger partial charge in [-0.05, 0) is 43.2 Å². The van der Waals surface area contributed by atoms with Crippen LogP contribution in [0.1, 0.15) is 31.0 Å².